The summed E-state index contributed by atoms with van der Waals surface area (Å²) in [5.74, 6) is 2.01. The second kappa shape index (κ2) is 7.86. The highest BCUT2D eigenvalue weighted by Gasteiger charge is 2.21. The van der Waals surface area contributed by atoms with Crippen LogP contribution in [0.15, 0.2) is 54.6 Å². The summed E-state index contributed by atoms with van der Waals surface area (Å²) in [6, 6.07) is 19.0. The Bertz CT molecular complexity index is 1120. The van der Waals surface area contributed by atoms with Crippen LogP contribution in [0.3, 0.4) is 0 Å². The van der Waals surface area contributed by atoms with Crippen molar-refractivity contribution in [3.8, 4) is 0 Å². The summed E-state index contributed by atoms with van der Waals surface area (Å²) in [7, 11) is 0. The van der Waals surface area contributed by atoms with E-state index in [1.807, 2.05) is 0 Å². The van der Waals surface area contributed by atoms with Crippen LogP contribution in [0.2, 0.25) is 0 Å². The number of para-hydroxylation sites is 1. The number of aromatic nitrogens is 3. The topological polar surface area (TPSA) is 42.7 Å². The molecule has 4 nitrogen and oxygen atoms in total. The van der Waals surface area contributed by atoms with E-state index in [1.165, 1.54) is 11.1 Å². The largest absolute Gasteiger partial charge is 0.364 e. The smallest absolute Gasteiger partial charge is 0.155 e. The summed E-state index contributed by atoms with van der Waals surface area (Å²) in [6.45, 7) is 9.53. The minimum absolute atomic E-state index is 0.0881. The lowest BCUT2D eigenvalue weighted by Gasteiger charge is -2.22. The number of imidazole rings is 1. The maximum absolute atomic E-state index is 5.12. The summed E-state index contributed by atoms with van der Waals surface area (Å²) < 4.78 is 2.40. The molecule has 0 aliphatic heterocycles. The first-order valence-corrected chi connectivity index (χ1v) is 10.6. The van der Waals surface area contributed by atoms with Crippen molar-refractivity contribution >= 4 is 27.8 Å². The molecule has 0 atom stereocenters. The van der Waals surface area contributed by atoms with Crippen LogP contribution >= 0.6 is 0 Å². The Morgan fingerprint density at radius 1 is 0.931 bits per heavy atom. The van der Waals surface area contributed by atoms with Gasteiger partial charge in [-0.1, -0.05) is 61.9 Å². The molecule has 1 N–H and O–H groups in total. The van der Waals surface area contributed by atoms with Gasteiger partial charge in [0.05, 0.1) is 11.0 Å². The second-order valence-electron chi connectivity index (χ2n) is 8.75. The Morgan fingerprint density at radius 2 is 1.66 bits per heavy atom. The van der Waals surface area contributed by atoms with E-state index in [9.17, 15) is 0 Å². The quantitative estimate of drug-likeness (QED) is 0.430. The second-order valence-corrected chi connectivity index (χ2v) is 8.75. The van der Waals surface area contributed by atoms with Gasteiger partial charge in [-0.2, -0.15) is 0 Å². The number of nitrogens with zero attached hydrogens (tertiary/aromatic N) is 3. The SMILES string of the molecule is CCCCc1nc2c(NC(C)(C)C)nc3ccccc3c2n1Cc1ccccc1. The molecule has 0 aliphatic rings. The fraction of sp³-hybridized carbons (Fsp3) is 0.360. The first kappa shape index (κ1) is 19.4. The van der Waals surface area contributed by atoms with E-state index in [4.69, 9.17) is 9.97 Å². The first-order valence-electron chi connectivity index (χ1n) is 10.6. The van der Waals surface area contributed by atoms with Gasteiger partial charge in [0, 0.05) is 23.9 Å². The van der Waals surface area contributed by atoms with Crippen molar-refractivity contribution in [1.29, 1.82) is 0 Å². The fourth-order valence-electron chi connectivity index (χ4n) is 3.79. The molecule has 4 heteroatoms. The van der Waals surface area contributed by atoms with Crippen molar-refractivity contribution in [3.05, 3.63) is 66.0 Å². The maximum Gasteiger partial charge on any atom is 0.155 e. The average molecular weight is 387 g/mol. The van der Waals surface area contributed by atoms with Crippen LogP contribution in [-0.2, 0) is 13.0 Å². The van der Waals surface area contributed by atoms with Crippen LogP contribution in [0, 0.1) is 0 Å². The molecule has 2 heterocycles. The Labute approximate surface area is 173 Å². The summed E-state index contributed by atoms with van der Waals surface area (Å²) in [6.07, 6.45) is 3.26. The average Bonchev–Trinajstić information content (AvgIpc) is 3.05. The van der Waals surface area contributed by atoms with Crippen molar-refractivity contribution < 1.29 is 0 Å². The fourth-order valence-corrected chi connectivity index (χ4v) is 3.79. The maximum atomic E-state index is 5.12. The van der Waals surface area contributed by atoms with E-state index >= 15 is 0 Å². The standard InChI is InChI=1S/C25H30N4/c1-5-6-16-21-27-22-23(29(21)17-18-12-8-7-9-13-18)19-14-10-11-15-20(19)26-24(22)28-25(2,3)4/h7-15H,5-6,16-17H2,1-4H3,(H,26,28). The van der Waals surface area contributed by atoms with Gasteiger partial charge in [0.2, 0.25) is 0 Å². The molecule has 0 bridgehead atoms. The van der Waals surface area contributed by atoms with E-state index in [2.05, 4.69) is 92.2 Å². The zero-order chi connectivity index (χ0) is 20.4. The van der Waals surface area contributed by atoms with Gasteiger partial charge < -0.3 is 9.88 Å². The van der Waals surface area contributed by atoms with Gasteiger partial charge in [0.15, 0.2) is 5.82 Å². The van der Waals surface area contributed by atoms with Crippen LogP contribution in [0.1, 0.15) is 51.9 Å². The zero-order valence-electron chi connectivity index (χ0n) is 17.9. The van der Waals surface area contributed by atoms with Gasteiger partial charge in [0.25, 0.3) is 0 Å². The third-order valence-electron chi connectivity index (χ3n) is 5.09. The van der Waals surface area contributed by atoms with Crippen molar-refractivity contribution in [3.63, 3.8) is 0 Å². The van der Waals surface area contributed by atoms with Crippen LogP contribution in [-0.4, -0.2) is 20.1 Å². The van der Waals surface area contributed by atoms with Crippen LogP contribution < -0.4 is 5.32 Å². The minimum Gasteiger partial charge on any atom is -0.364 e. The highest BCUT2D eigenvalue weighted by atomic mass is 15.1. The molecule has 0 saturated heterocycles. The number of unbranched alkanes of at least 4 members (excludes halogenated alkanes) is 1. The molecule has 0 unspecified atom stereocenters. The lowest BCUT2D eigenvalue weighted by molar-refractivity contribution is 0.632. The molecule has 0 spiro atoms. The lowest BCUT2D eigenvalue weighted by Crippen LogP contribution is -2.26. The monoisotopic (exact) mass is 386 g/mol. The van der Waals surface area contributed by atoms with Gasteiger partial charge in [-0.3, -0.25) is 0 Å². The van der Waals surface area contributed by atoms with Crippen molar-refractivity contribution in [2.24, 2.45) is 0 Å². The Balaban J connectivity index is 1.99. The molecule has 4 rings (SSSR count). The normalized spacial score (nSPS) is 12.0. The molecule has 29 heavy (non-hydrogen) atoms. The van der Waals surface area contributed by atoms with E-state index in [0.29, 0.717) is 0 Å². The third-order valence-corrected chi connectivity index (χ3v) is 5.09. The van der Waals surface area contributed by atoms with Crippen molar-refractivity contribution in [2.75, 3.05) is 5.32 Å². The third kappa shape index (κ3) is 4.12. The molecule has 150 valence electrons. The van der Waals surface area contributed by atoms with Gasteiger partial charge in [-0.15, -0.1) is 0 Å². The van der Waals surface area contributed by atoms with Gasteiger partial charge in [0.1, 0.15) is 11.3 Å². The summed E-state index contributed by atoms with van der Waals surface area (Å²) in [5, 5.41) is 4.75. The summed E-state index contributed by atoms with van der Waals surface area (Å²) in [4.78, 5) is 10.1. The van der Waals surface area contributed by atoms with Gasteiger partial charge >= 0.3 is 0 Å². The highest BCUT2D eigenvalue weighted by Crippen LogP contribution is 2.32. The highest BCUT2D eigenvalue weighted by molar-refractivity contribution is 6.07. The number of pyridine rings is 1. The molecular weight excluding hydrogens is 356 g/mol. The number of aryl methyl sites for hydroxylation is 1. The van der Waals surface area contributed by atoms with Crippen molar-refractivity contribution in [1.82, 2.24) is 14.5 Å². The summed E-state index contributed by atoms with van der Waals surface area (Å²) in [5.41, 5.74) is 4.35. The molecule has 0 fully saturated rings. The molecule has 0 radical (unpaired) electrons. The number of fused-ring (bicyclic) bond motifs is 3. The molecule has 2 aromatic carbocycles. The zero-order valence-corrected chi connectivity index (χ0v) is 17.9. The first-order chi connectivity index (χ1) is 14.0. The van der Waals surface area contributed by atoms with Crippen LogP contribution in [0.4, 0.5) is 5.82 Å². The van der Waals surface area contributed by atoms with Crippen LogP contribution in [0.25, 0.3) is 21.9 Å². The predicted molar refractivity (Wildman–Crippen MR) is 123 cm³/mol. The Kier molecular flexibility index (Phi) is 5.27. The van der Waals surface area contributed by atoms with Crippen molar-refractivity contribution in [2.45, 2.75) is 59.0 Å². The molecular formula is C25H30N4. The predicted octanol–water partition coefficient (Wildman–Crippen LogP) is 6.19. The lowest BCUT2D eigenvalue weighted by atomic mass is 10.1. The molecule has 0 saturated carbocycles. The number of anilines is 1. The number of rotatable bonds is 6. The molecule has 2 aromatic heterocycles. The van der Waals surface area contributed by atoms with E-state index in [0.717, 1.165) is 53.9 Å². The number of nitrogens with one attached hydrogen (secondary N) is 1. The number of hydrogen-bond donors (Lipinski definition) is 1. The molecule has 4 aromatic rings. The van der Waals surface area contributed by atoms with E-state index in [-0.39, 0.29) is 5.54 Å². The number of benzene rings is 2. The Morgan fingerprint density at radius 3 is 2.38 bits per heavy atom. The Hall–Kier alpha value is -2.88. The van der Waals surface area contributed by atoms with E-state index in [1.54, 1.807) is 0 Å². The molecule has 0 aliphatic carbocycles. The van der Waals surface area contributed by atoms with Gasteiger partial charge in [-0.25, -0.2) is 9.97 Å². The summed E-state index contributed by atoms with van der Waals surface area (Å²) >= 11 is 0. The van der Waals surface area contributed by atoms with Crippen LogP contribution in [0.5, 0.6) is 0 Å². The van der Waals surface area contributed by atoms with Gasteiger partial charge in [-0.05, 0) is 38.8 Å². The molecule has 0 amide bonds. The van der Waals surface area contributed by atoms with E-state index < -0.39 is 0 Å². The minimum atomic E-state index is -0.0881. The number of hydrogen-bond acceptors (Lipinski definition) is 3.